The number of carbonyl (C=O) groups excluding carboxylic acids is 4. The molecule has 8 heterocycles. The van der Waals surface area contributed by atoms with Gasteiger partial charge < -0.3 is 57.3 Å². The molecule has 4 fully saturated rings. The van der Waals surface area contributed by atoms with Crippen molar-refractivity contribution in [2.75, 3.05) is 32.8 Å². The highest BCUT2D eigenvalue weighted by atomic mass is 28.4. The van der Waals surface area contributed by atoms with Gasteiger partial charge >= 0.3 is 28.7 Å². The number of hydrogen-bond donors (Lipinski definition) is 7. The highest BCUT2D eigenvalue weighted by Crippen LogP contribution is 2.49. The van der Waals surface area contributed by atoms with Crippen molar-refractivity contribution >= 4 is 57.0 Å². The van der Waals surface area contributed by atoms with Crippen LogP contribution in [0.3, 0.4) is 0 Å². The Bertz CT molecular complexity index is 4470. The fourth-order valence-corrected chi connectivity index (χ4v) is 18.0. The van der Waals surface area contributed by atoms with Crippen molar-refractivity contribution in [1.29, 1.82) is 0 Å². The summed E-state index contributed by atoms with van der Waals surface area (Å²) >= 11 is 0. The Morgan fingerprint density at radius 1 is 0.444 bits per heavy atom. The molecule has 0 aromatic carbocycles. The average molecular weight is 1580 g/mol. The zero-order valence-corrected chi connectivity index (χ0v) is 69.7. The second-order valence-corrected chi connectivity index (χ2v) is 53.4. The number of nitrogens with one attached hydrogen (secondary N) is 7. The molecule has 0 saturated carbocycles. The first kappa shape index (κ1) is 86.1. The van der Waals surface area contributed by atoms with Gasteiger partial charge in [-0.15, -0.1) is 0 Å². The molecule has 7 N–H and O–H groups in total. The number of aromatic amines is 4. The van der Waals surface area contributed by atoms with Crippen LogP contribution in [-0.2, 0) is 60.6 Å². The lowest BCUT2D eigenvalue weighted by Crippen LogP contribution is -2.50. The fourth-order valence-electron chi connectivity index (χ4n) is 12.8. The molecule has 4 aliphatic heterocycles. The van der Waals surface area contributed by atoms with E-state index < -0.39 is 232 Å². The van der Waals surface area contributed by atoms with Crippen molar-refractivity contribution in [3.05, 3.63) is 143 Å². The number of H-pyrrole nitrogens is 4. The van der Waals surface area contributed by atoms with Crippen LogP contribution >= 0.6 is 0 Å². The van der Waals surface area contributed by atoms with E-state index in [-0.39, 0.29) is 39.2 Å². The van der Waals surface area contributed by atoms with E-state index in [1.165, 1.54) is 24.8 Å². The lowest BCUT2D eigenvalue weighted by Gasteiger charge is -2.41. The fraction of sp³-hybridized carbons (Fsp3) is 0.710. The van der Waals surface area contributed by atoms with E-state index in [9.17, 15) is 53.5 Å². The van der Waals surface area contributed by atoms with Crippen LogP contribution in [0, 0.1) is 23.7 Å². The quantitative estimate of drug-likeness (QED) is 0.0126. The van der Waals surface area contributed by atoms with Crippen LogP contribution in [0.4, 0.5) is 0 Å². The SMILES string of the molecule is CCOC(=O)[C@H]1[C@@H](O[Si](C)(C)C(C)(C)C)[C@H](n2ccc(=O)[nH]c2=O)O[C@@H]1CNC(=O)C[C@H]1[C@@H](O[Si](C)(C)C(C)(C)C)[C@H](n2ccc(=O)[nH]c2=O)O[C@@H]1CNC(=O)C[C@H]1[C@@H](O[Si](C)(C)C(C)(C)C)[C@H](n2ccc(=O)[nH]c2=O)O[C@@H]1CNC(=O)C[C@H]1[C@@H](O[Si](C)(C)C(C)(C)C)[C@H](n2ccc(=O)[nH]c2=O)O[C@@H]1CN=[N+]=[N-]. The standard InChI is InChI=1S/C69H110N14O21Si4/c1-22-96-61(91)52-44(100-60(83-30-26-48(87)78-65(83)95)56(52)104-108(20,21)69(11,12)13)36-73-51(90)32-39-42(98-58(81-28-24-46(85)76-63(81)93)54(39)102-106(16,17)67(5,6)7)34-71-49(88)31-38-41(97-57(80-27-23-45(84)75-62(80)92)53(38)101-105(14,15)66(2,3)4)35-72-50(89)33-40-43(37-74-79-70)99-59(82-29-25-47(86)77-64(82)94)55(40)103-107(18,19)68(8,9)10/h23-30,38-44,52-60H,22,31-37H2,1-21H3,(H,71,88)(H,72,89)(H,73,90)(H,75,84,92)(H,76,85,93)(H,77,86,94)(H,78,87,95)/t38-,39-,40-,41-,42-,43-,44-,52-,53-,54-,55-,56-,57-,58-,59-,60-/m1/s1. The van der Waals surface area contributed by atoms with Crippen molar-refractivity contribution in [1.82, 2.24) is 54.2 Å². The van der Waals surface area contributed by atoms with Crippen LogP contribution in [-0.4, -0.2) is 177 Å². The topological polar surface area (TPSA) is 456 Å². The Morgan fingerprint density at radius 3 is 0.981 bits per heavy atom. The number of carbonyl (C=O) groups is 4. The highest BCUT2D eigenvalue weighted by Gasteiger charge is 2.58. The maximum atomic E-state index is 15.3. The van der Waals surface area contributed by atoms with Gasteiger partial charge in [0.15, 0.2) is 58.2 Å². The summed E-state index contributed by atoms with van der Waals surface area (Å²) < 4.78 is 65.3. The molecule has 0 aliphatic carbocycles. The van der Waals surface area contributed by atoms with Crippen LogP contribution in [0.1, 0.15) is 134 Å². The molecule has 4 saturated heterocycles. The number of azide groups is 1. The molecule has 598 valence electrons. The van der Waals surface area contributed by atoms with E-state index in [1.54, 1.807) is 6.92 Å². The zero-order valence-electron chi connectivity index (χ0n) is 65.7. The van der Waals surface area contributed by atoms with E-state index in [2.05, 4.69) is 45.9 Å². The van der Waals surface area contributed by atoms with E-state index in [0.717, 1.165) is 42.5 Å². The zero-order chi connectivity index (χ0) is 80.5. The third kappa shape index (κ3) is 19.6. The largest absolute Gasteiger partial charge is 0.466 e. The molecule has 4 aliphatic rings. The van der Waals surface area contributed by atoms with Crippen molar-refractivity contribution in [3.63, 3.8) is 0 Å². The second kappa shape index (κ2) is 33.2. The molecule has 35 nitrogen and oxygen atoms in total. The number of amides is 3. The van der Waals surface area contributed by atoms with Gasteiger partial charge in [-0.1, -0.05) is 88.2 Å². The average Bonchev–Trinajstić information content (AvgIpc) is 1.61. The van der Waals surface area contributed by atoms with E-state index >= 15 is 9.59 Å². The summed E-state index contributed by atoms with van der Waals surface area (Å²) in [6, 6.07) is 4.54. The molecule has 0 spiro atoms. The summed E-state index contributed by atoms with van der Waals surface area (Å²) in [7, 11) is -11.6. The van der Waals surface area contributed by atoms with Crippen molar-refractivity contribution in [2.45, 2.75) is 256 Å². The minimum Gasteiger partial charge on any atom is -0.466 e. The van der Waals surface area contributed by atoms with Crippen LogP contribution in [0.5, 0.6) is 0 Å². The van der Waals surface area contributed by atoms with Gasteiger partial charge in [0.05, 0.1) is 55.9 Å². The third-order valence-corrected chi connectivity index (χ3v) is 40.8. The lowest BCUT2D eigenvalue weighted by molar-refractivity contribution is -0.152. The predicted molar refractivity (Wildman–Crippen MR) is 407 cm³/mol. The van der Waals surface area contributed by atoms with Gasteiger partial charge in [0.25, 0.3) is 22.2 Å². The van der Waals surface area contributed by atoms with Gasteiger partial charge in [0.2, 0.25) is 17.7 Å². The minimum atomic E-state index is -2.96. The second-order valence-electron chi connectivity index (χ2n) is 34.4. The number of esters is 1. The molecule has 108 heavy (non-hydrogen) atoms. The van der Waals surface area contributed by atoms with E-state index in [1.807, 2.05) is 135 Å². The maximum Gasteiger partial charge on any atom is 0.330 e. The summed E-state index contributed by atoms with van der Waals surface area (Å²) in [6.45, 7) is 40.0. The first-order chi connectivity index (χ1) is 49.9. The Kier molecular flexibility index (Phi) is 26.4. The predicted octanol–water partition coefficient (Wildman–Crippen LogP) is 5.20. The molecule has 4 aromatic heterocycles. The summed E-state index contributed by atoms with van der Waals surface area (Å²) in [5.41, 5.74) is 3.44. The van der Waals surface area contributed by atoms with Gasteiger partial charge in [-0.3, -0.25) is 76.6 Å². The molecule has 3 amide bonds. The van der Waals surface area contributed by atoms with E-state index in [4.69, 9.17) is 41.4 Å². The molecule has 0 radical (unpaired) electrons. The maximum absolute atomic E-state index is 15.3. The Hall–Kier alpha value is -7.54. The van der Waals surface area contributed by atoms with Crippen molar-refractivity contribution < 1.29 is 60.6 Å². The lowest BCUT2D eigenvalue weighted by atomic mass is 9.92. The number of aromatic nitrogens is 8. The molecule has 0 unspecified atom stereocenters. The third-order valence-electron chi connectivity index (χ3n) is 22.9. The molecule has 0 bridgehead atoms. The smallest absolute Gasteiger partial charge is 0.330 e. The van der Waals surface area contributed by atoms with Crippen LogP contribution < -0.4 is 60.9 Å². The van der Waals surface area contributed by atoms with Crippen LogP contribution in [0.25, 0.3) is 10.4 Å². The first-order valence-electron chi connectivity index (χ1n) is 36.5. The Labute approximate surface area is 628 Å². The Balaban J connectivity index is 1.15. The van der Waals surface area contributed by atoms with Crippen LogP contribution in [0.2, 0.25) is 72.5 Å². The van der Waals surface area contributed by atoms with Gasteiger partial charge in [-0.25, -0.2) is 19.2 Å². The van der Waals surface area contributed by atoms with Gasteiger partial charge in [0.1, 0.15) is 12.0 Å². The van der Waals surface area contributed by atoms with Gasteiger partial charge in [-0.05, 0) is 85.0 Å². The van der Waals surface area contributed by atoms with Gasteiger partial charge in [0, 0.05) is 111 Å². The number of nitrogens with zero attached hydrogens (tertiary/aromatic N) is 7. The van der Waals surface area contributed by atoms with E-state index in [0.29, 0.717) is 0 Å². The molecule has 8 rings (SSSR count). The normalized spacial score (nSPS) is 26.6. The molecular weight excluding hydrogens is 1470 g/mol. The summed E-state index contributed by atoms with van der Waals surface area (Å²) in [6.07, 6.45) is -10.3. The minimum absolute atomic E-state index is 0.0401. The van der Waals surface area contributed by atoms with Crippen LogP contribution in [0.15, 0.2) is 92.5 Å². The summed E-state index contributed by atoms with van der Waals surface area (Å²) in [4.78, 5) is 177. The molecule has 39 heteroatoms. The number of hydrogen-bond acceptors (Lipinski definition) is 22. The monoisotopic (exact) mass is 1580 g/mol. The summed E-state index contributed by atoms with van der Waals surface area (Å²) in [5, 5.41) is 10.9. The molecule has 4 aromatic rings. The summed E-state index contributed by atoms with van der Waals surface area (Å²) in [5.74, 6) is -6.74. The van der Waals surface area contributed by atoms with Gasteiger partial charge in [-0.2, -0.15) is 0 Å². The molecule has 16 atom stereocenters. The van der Waals surface area contributed by atoms with Crippen molar-refractivity contribution in [2.24, 2.45) is 28.8 Å². The number of ether oxygens (including phenoxy) is 5. The highest BCUT2D eigenvalue weighted by molar-refractivity contribution is 6.75. The molecular formula is C69H110N14O21Si4. The number of rotatable bonds is 28. The first-order valence-corrected chi connectivity index (χ1v) is 48.1. The van der Waals surface area contributed by atoms with Crippen molar-refractivity contribution in [3.8, 4) is 0 Å². The Morgan fingerprint density at radius 2 is 0.704 bits per heavy atom.